The van der Waals surface area contributed by atoms with E-state index in [4.69, 9.17) is 9.15 Å². The van der Waals surface area contributed by atoms with Crippen molar-refractivity contribution in [3.8, 4) is 0 Å². The summed E-state index contributed by atoms with van der Waals surface area (Å²) < 4.78 is 10.4. The number of esters is 1. The van der Waals surface area contributed by atoms with Crippen LogP contribution in [0.4, 0.5) is 0 Å². The predicted octanol–water partition coefficient (Wildman–Crippen LogP) is 2.64. The summed E-state index contributed by atoms with van der Waals surface area (Å²) in [5.74, 6) is 1.24. The maximum Gasteiger partial charge on any atom is 0.341 e. The van der Waals surface area contributed by atoms with Crippen LogP contribution in [0.3, 0.4) is 0 Å². The van der Waals surface area contributed by atoms with Crippen LogP contribution in [0.25, 0.3) is 0 Å². The molecule has 14 heavy (non-hydrogen) atoms. The molecule has 0 atom stereocenters. The molecule has 0 aliphatic carbocycles. The molecule has 3 heteroatoms. The molecule has 0 radical (unpaired) electrons. The summed E-state index contributed by atoms with van der Waals surface area (Å²) >= 11 is 0. The van der Waals surface area contributed by atoms with Crippen LogP contribution in [0.2, 0.25) is 0 Å². The van der Waals surface area contributed by atoms with Crippen LogP contribution in [-0.2, 0) is 11.2 Å². The van der Waals surface area contributed by atoms with Crippen molar-refractivity contribution in [3.63, 3.8) is 0 Å². The molecular weight excluding hydrogens is 180 g/mol. The lowest BCUT2D eigenvalue weighted by atomic mass is 10.1. The van der Waals surface area contributed by atoms with Crippen LogP contribution in [-0.4, -0.2) is 12.6 Å². The van der Waals surface area contributed by atoms with Gasteiger partial charge < -0.3 is 9.15 Å². The van der Waals surface area contributed by atoms with E-state index in [2.05, 4.69) is 0 Å². The zero-order valence-electron chi connectivity index (χ0n) is 9.14. The highest BCUT2D eigenvalue weighted by molar-refractivity contribution is 5.92. The Hall–Kier alpha value is -1.25. The van der Waals surface area contributed by atoms with Crippen LogP contribution in [0, 0.1) is 13.8 Å². The quantitative estimate of drug-likeness (QED) is 0.697. The number of hydrogen-bond acceptors (Lipinski definition) is 3. The third-order valence-corrected chi connectivity index (χ3v) is 2.26. The zero-order chi connectivity index (χ0) is 10.7. The van der Waals surface area contributed by atoms with Gasteiger partial charge in [-0.1, -0.05) is 6.92 Å². The summed E-state index contributed by atoms with van der Waals surface area (Å²) in [5.41, 5.74) is 1.49. The normalized spacial score (nSPS) is 10.3. The Morgan fingerprint density at radius 2 is 2.00 bits per heavy atom. The van der Waals surface area contributed by atoms with Gasteiger partial charge in [-0.25, -0.2) is 4.79 Å². The first-order chi connectivity index (χ1) is 6.61. The van der Waals surface area contributed by atoms with Gasteiger partial charge in [-0.15, -0.1) is 0 Å². The maximum absolute atomic E-state index is 11.6. The Bertz CT molecular complexity index is 337. The fourth-order valence-corrected chi connectivity index (χ4v) is 1.42. The minimum Gasteiger partial charge on any atom is -0.465 e. The molecule has 1 aromatic rings. The summed E-state index contributed by atoms with van der Waals surface area (Å²) in [6.07, 6.45) is 0.711. The largest absolute Gasteiger partial charge is 0.465 e. The standard InChI is InChI=1S/C11H16O3/c1-5-9-10(11(12)13-6-2)7(3)8(4)14-9/h5-6H2,1-4H3. The van der Waals surface area contributed by atoms with Gasteiger partial charge in [0, 0.05) is 12.0 Å². The van der Waals surface area contributed by atoms with Gasteiger partial charge in [0.25, 0.3) is 0 Å². The van der Waals surface area contributed by atoms with Crippen molar-refractivity contribution >= 4 is 5.97 Å². The van der Waals surface area contributed by atoms with E-state index < -0.39 is 0 Å². The van der Waals surface area contributed by atoms with Crippen LogP contribution in [0.15, 0.2) is 4.42 Å². The zero-order valence-corrected chi connectivity index (χ0v) is 9.14. The molecule has 0 aromatic carbocycles. The lowest BCUT2D eigenvalue weighted by Crippen LogP contribution is -2.07. The van der Waals surface area contributed by atoms with Crippen molar-refractivity contribution in [3.05, 3.63) is 22.6 Å². The number of rotatable bonds is 3. The number of carbonyl (C=O) groups is 1. The van der Waals surface area contributed by atoms with Crippen molar-refractivity contribution in [2.24, 2.45) is 0 Å². The second-order valence-corrected chi connectivity index (χ2v) is 3.16. The highest BCUT2D eigenvalue weighted by atomic mass is 16.5. The predicted molar refractivity (Wildman–Crippen MR) is 53.5 cm³/mol. The van der Waals surface area contributed by atoms with Crippen molar-refractivity contribution in [1.82, 2.24) is 0 Å². The minimum absolute atomic E-state index is 0.279. The first-order valence-corrected chi connectivity index (χ1v) is 4.87. The van der Waals surface area contributed by atoms with Crippen molar-refractivity contribution in [1.29, 1.82) is 0 Å². The van der Waals surface area contributed by atoms with E-state index in [1.165, 1.54) is 0 Å². The third-order valence-electron chi connectivity index (χ3n) is 2.26. The molecule has 0 aliphatic heterocycles. The second kappa shape index (κ2) is 4.31. The average Bonchev–Trinajstić information content (AvgIpc) is 2.43. The van der Waals surface area contributed by atoms with E-state index >= 15 is 0 Å². The van der Waals surface area contributed by atoms with Gasteiger partial charge in [0.05, 0.1) is 6.61 Å². The summed E-state index contributed by atoms with van der Waals surface area (Å²) in [4.78, 5) is 11.6. The molecule has 0 aliphatic rings. The molecule has 3 nitrogen and oxygen atoms in total. The molecule has 0 saturated heterocycles. The first kappa shape index (κ1) is 10.8. The molecule has 0 bridgehead atoms. The molecule has 0 fully saturated rings. The fraction of sp³-hybridized carbons (Fsp3) is 0.545. The van der Waals surface area contributed by atoms with Crippen LogP contribution >= 0.6 is 0 Å². The maximum atomic E-state index is 11.6. The fourth-order valence-electron chi connectivity index (χ4n) is 1.42. The lowest BCUT2D eigenvalue weighted by molar-refractivity contribution is 0.0523. The Kier molecular flexibility index (Phi) is 3.33. The molecule has 1 aromatic heterocycles. The molecule has 0 unspecified atom stereocenters. The summed E-state index contributed by atoms with van der Waals surface area (Å²) in [6, 6.07) is 0. The monoisotopic (exact) mass is 196 g/mol. The Labute approximate surface area is 84.1 Å². The highest BCUT2D eigenvalue weighted by Crippen LogP contribution is 2.22. The average molecular weight is 196 g/mol. The SMILES string of the molecule is CCOC(=O)c1c(CC)oc(C)c1C. The topological polar surface area (TPSA) is 39.4 Å². The highest BCUT2D eigenvalue weighted by Gasteiger charge is 2.20. The van der Waals surface area contributed by atoms with Crippen LogP contribution in [0.5, 0.6) is 0 Å². The van der Waals surface area contributed by atoms with Gasteiger partial charge in [-0.2, -0.15) is 0 Å². The Balaban J connectivity index is 3.10. The van der Waals surface area contributed by atoms with E-state index in [0.717, 1.165) is 17.1 Å². The molecule has 78 valence electrons. The molecule has 0 N–H and O–H groups in total. The van der Waals surface area contributed by atoms with Crippen LogP contribution in [0.1, 0.15) is 41.3 Å². The summed E-state index contributed by atoms with van der Waals surface area (Å²) in [6.45, 7) is 7.89. The molecule has 0 saturated carbocycles. The van der Waals surface area contributed by atoms with E-state index in [1.807, 2.05) is 20.8 Å². The van der Waals surface area contributed by atoms with E-state index in [9.17, 15) is 4.79 Å². The molecule has 0 amide bonds. The number of carbonyl (C=O) groups excluding carboxylic acids is 1. The van der Waals surface area contributed by atoms with Gasteiger partial charge in [-0.05, 0) is 20.8 Å². The minimum atomic E-state index is -0.279. The van der Waals surface area contributed by atoms with E-state index in [0.29, 0.717) is 18.6 Å². The van der Waals surface area contributed by atoms with Crippen LogP contribution < -0.4 is 0 Å². The van der Waals surface area contributed by atoms with Gasteiger partial charge >= 0.3 is 5.97 Å². The Morgan fingerprint density at radius 1 is 1.36 bits per heavy atom. The van der Waals surface area contributed by atoms with Gasteiger partial charge in [0.15, 0.2) is 0 Å². The van der Waals surface area contributed by atoms with Gasteiger partial charge in [0.2, 0.25) is 0 Å². The van der Waals surface area contributed by atoms with Gasteiger partial charge in [0.1, 0.15) is 17.1 Å². The van der Waals surface area contributed by atoms with E-state index in [1.54, 1.807) is 6.92 Å². The second-order valence-electron chi connectivity index (χ2n) is 3.16. The summed E-state index contributed by atoms with van der Waals surface area (Å²) in [5, 5.41) is 0. The molecule has 1 rings (SSSR count). The smallest absolute Gasteiger partial charge is 0.341 e. The van der Waals surface area contributed by atoms with E-state index in [-0.39, 0.29) is 5.97 Å². The van der Waals surface area contributed by atoms with Crippen molar-refractivity contribution < 1.29 is 13.9 Å². The number of hydrogen-bond donors (Lipinski definition) is 0. The third kappa shape index (κ3) is 1.81. The number of aryl methyl sites for hydroxylation is 2. The number of furan rings is 1. The number of ether oxygens (including phenoxy) is 1. The lowest BCUT2D eigenvalue weighted by Gasteiger charge is -2.01. The van der Waals surface area contributed by atoms with Crippen molar-refractivity contribution in [2.75, 3.05) is 6.61 Å². The Morgan fingerprint density at radius 3 is 2.50 bits per heavy atom. The first-order valence-electron chi connectivity index (χ1n) is 4.87. The molecular formula is C11H16O3. The molecule has 0 spiro atoms. The molecule has 1 heterocycles. The van der Waals surface area contributed by atoms with Gasteiger partial charge in [-0.3, -0.25) is 0 Å². The summed E-state index contributed by atoms with van der Waals surface area (Å²) in [7, 11) is 0. The van der Waals surface area contributed by atoms with Crippen molar-refractivity contribution in [2.45, 2.75) is 34.1 Å².